The lowest BCUT2D eigenvalue weighted by atomic mass is 9.77. The predicted octanol–water partition coefficient (Wildman–Crippen LogP) is 6.00. The van der Waals surface area contributed by atoms with Crippen molar-refractivity contribution in [1.82, 2.24) is 9.73 Å². The first kappa shape index (κ1) is 33.8. The van der Waals surface area contributed by atoms with Gasteiger partial charge in [0.25, 0.3) is 5.91 Å². The van der Waals surface area contributed by atoms with Gasteiger partial charge in [-0.05, 0) is 110 Å². The highest BCUT2D eigenvalue weighted by molar-refractivity contribution is 7.89. The normalized spacial score (nSPS) is 20.2. The second-order valence-corrected chi connectivity index (χ2v) is 14.2. The van der Waals surface area contributed by atoms with Gasteiger partial charge in [-0.25, -0.2) is 13.4 Å². The number of rotatable bonds is 9. The van der Waals surface area contributed by atoms with Crippen molar-refractivity contribution < 1.29 is 27.9 Å². The minimum atomic E-state index is -4.19. The third kappa shape index (κ3) is 7.53. The molecule has 2 N–H and O–H groups in total. The fourth-order valence-electron chi connectivity index (χ4n) is 5.71. The maximum atomic E-state index is 13.7. The van der Waals surface area contributed by atoms with E-state index in [1.807, 2.05) is 49.4 Å². The van der Waals surface area contributed by atoms with Crippen LogP contribution in [0.5, 0.6) is 0 Å². The number of ether oxygens (including phenoxy) is 1. The fourth-order valence-corrected chi connectivity index (χ4v) is 7.30. The highest BCUT2D eigenvalue weighted by atomic mass is 35.5. The molecule has 3 aromatic carbocycles. The number of esters is 1. The van der Waals surface area contributed by atoms with E-state index in [2.05, 4.69) is 4.72 Å². The Morgan fingerprint density at radius 3 is 2.33 bits per heavy atom. The number of aryl methyl sites for hydroxylation is 2. The van der Waals surface area contributed by atoms with Gasteiger partial charge in [-0.2, -0.15) is 9.82 Å². The number of carbonyl (C=O) groups is 2. The van der Waals surface area contributed by atoms with Crippen LogP contribution in [0.15, 0.2) is 82.3 Å². The molecule has 46 heavy (non-hydrogen) atoms. The number of nitrogens with one attached hydrogen (secondary N) is 1. The minimum absolute atomic E-state index is 0.0612. The number of halogens is 2. The molecule has 1 aliphatic heterocycles. The molecule has 5 rings (SSSR count). The Hall–Kier alpha value is -3.54. The Morgan fingerprint density at radius 2 is 1.70 bits per heavy atom. The van der Waals surface area contributed by atoms with Crippen LogP contribution in [-0.2, 0) is 24.3 Å². The molecule has 0 radical (unpaired) electrons. The van der Waals surface area contributed by atoms with E-state index in [0.717, 1.165) is 52.8 Å². The van der Waals surface area contributed by atoms with Crippen LogP contribution >= 0.6 is 23.2 Å². The van der Waals surface area contributed by atoms with Crippen LogP contribution in [0.25, 0.3) is 6.08 Å². The van der Waals surface area contributed by atoms with E-state index in [1.165, 1.54) is 24.1 Å². The van der Waals surface area contributed by atoms with E-state index in [1.54, 1.807) is 25.1 Å². The number of aliphatic hydroxyl groups excluding tert-OH is 1. The number of hydrogen-bond acceptors (Lipinski definition) is 7. The Kier molecular flexibility index (Phi) is 10.3. The quantitative estimate of drug-likeness (QED) is 0.266. The van der Waals surface area contributed by atoms with Crippen LogP contribution in [0, 0.1) is 19.8 Å². The molecule has 3 aromatic rings. The molecule has 2 aliphatic rings. The van der Waals surface area contributed by atoms with E-state index < -0.39 is 46.7 Å². The van der Waals surface area contributed by atoms with Crippen molar-refractivity contribution in [3.05, 3.63) is 105 Å². The predicted molar refractivity (Wildman–Crippen MR) is 178 cm³/mol. The fraction of sp³-hybridized carbons (Fsp3) is 0.324. The summed E-state index contributed by atoms with van der Waals surface area (Å²) in [6, 6.07) is 17.1. The van der Waals surface area contributed by atoms with Crippen LogP contribution in [0.2, 0.25) is 10.0 Å². The van der Waals surface area contributed by atoms with Crippen molar-refractivity contribution in [2.75, 3.05) is 6.61 Å². The molecule has 1 fully saturated rings. The summed E-state index contributed by atoms with van der Waals surface area (Å²) in [5.74, 6) is -1.79. The number of allylic oxidation sites excluding steroid dienone is 1. The highest BCUT2D eigenvalue weighted by Crippen LogP contribution is 2.44. The molecule has 12 heteroatoms. The van der Waals surface area contributed by atoms with Gasteiger partial charge < -0.3 is 9.84 Å². The summed E-state index contributed by atoms with van der Waals surface area (Å²) in [5, 5.41) is 17.6. The molecule has 0 spiro atoms. The lowest BCUT2D eigenvalue weighted by Gasteiger charge is -2.29. The summed E-state index contributed by atoms with van der Waals surface area (Å²) in [7, 11) is -4.19. The van der Waals surface area contributed by atoms with Gasteiger partial charge in [0.2, 0.25) is 10.0 Å². The van der Waals surface area contributed by atoms with Crippen LogP contribution in [-0.4, -0.2) is 54.9 Å². The average Bonchev–Trinajstić information content (AvgIpc) is 3.42. The number of carbonyl (C=O) groups excluding carboxylic acids is 2. The highest BCUT2D eigenvalue weighted by Gasteiger charge is 2.44. The van der Waals surface area contributed by atoms with Gasteiger partial charge in [-0.15, -0.1) is 0 Å². The first-order valence-electron chi connectivity index (χ1n) is 14.9. The third-order valence-electron chi connectivity index (χ3n) is 8.32. The molecule has 0 unspecified atom stereocenters. The molecular formula is C34H35Cl2N3O6S. The molecule has 242 valence electrons. The van der Waals surface area contributed by atoms with E-state index in [9.17, 15) is 23.1 Å². The van der Waals surface area contributed by atoms with Crippen LogP contribution in [0.3, 0.4) is 0 Å². The Bertz CT molecular complexity index is 1790. The number of aliphatic hydroxyl groups is 1. The molecule has 0 saturated heterocycles. The second kappa shape index (κ2) is 14.1. The topological polar surface area (TPSA) is 125 Å². The van der Waals surface area contributed by atoms with Gasteiger partial charge in [0, 0.05) is 16.0 Å². The number of sulfonamides is 1. The first-order valence-corrected chi connectivity index (χ1v) is 17.1. The smallest absolute Gasteiger partial charge is 0.327 e. The largest absolute Gasteiger partial charge is 0.454 e. The summed E-state index contributed by atoms with van der Waals surface area (Å²) in [5.41, 5.74) is 5.21. The Morgan fingerprint density at radius 1 is 1.04 bits per heavy atom. The van der Waals surface area contributed by atoms with Crippen LogP contribution < -0.4 is 4.72 Å². The number of hydrazone groups is 1. The molecular weight excluding hydrogens is 649 g/mol. The number of nitrogens with zero attached hydrogens (tertiary/aromatic N) is 2. The maximum absolute atomic E-state index is 13.7. The van der Waals surface area contributed by atoms with Gasteiger partial charge in [0.1, 0.15) is 6.04 Å². The summed E-state index contributed by atoms with van der Waals surface area (Å²) < 4.78 is 33.7. The summed E-state index contributed by atoms with van der Waals surface area (Å²) >= 11 is 12.2. The van der Waals surface area contributed by atoms with Crippen molar-refractivity contribution in [3.8, 4) is 0 Å². The number of hydrogen-bond donors (Lipinski definition) is 2. The van der Waals surface area contributed by atoms with Crippen molar-refractivity contribution in [1.29, 1.82) is 0 Å². The monoisotopic (exact) mass is 683 g/mol. The Balaban J connectivity index is 1.37. The number of fused-ring (bicyclic) bond motifs is 1. The van der Waals surface area contributed by atoms with Gasteiger partial charge in [0.15, 0.2) is 6.61 Å². The SMILES string of the molecule is Cc1ccc(S(=O)(=O)N[C@H](C(=O)OCC(=O)N2N=C3/C(=C\c4ccc(Cl)cc4)CCC[C@@H]3[C@@H]2c2ccc(Cl)cc2)[C@@H](C)O)cc1C. The lowest BCUT2D eigenvalue weighted by molar-refractivity contribution is -0.156. The van der Waals surface area contributed by atoms with Crippen molar-refractivity contribution in [2.24, 2.45) is 11.0 Å². The molecule has 9 nitrogen and oxygen atoms in total. The maximum Gasteiger partial charge on any atom is 0.327 e. The van der Waals surface area contributed by atoms with Crippen molar-refractivity contribution in [2.45, 2.75) is 63.1 Å². The lowest BCUT2D eigenvalue weighted by Crippen LogP contribution is -2.49. The zero-order chi connectivity index (χ0) is 33.2. The molecule has 1 amide bonds. The summed E-state index contributed by atoms with van der Waals surface area (Å²) in [4.78, 5) is 26.7. The Labute approximate surface area is 278 Å². The van der Waals surface area contributed by atoms with Gasteiger partial charge in [-0.3, -0.25) is 9.59 Å². The molecule has 0 aromatic heterocycles. The minimum Gasteiger partial charge on any atom is -0.454 e. The zero-order valence-corrected chi connectivity index (χ0v) is 27.9. The van der Waals surface area contributed by atoms with E-state index in [0.29, 0.717) is 10.0 Å². The molecule has 1 saturated carbocycles. The van der Waals surface area contributed by atoms with E-state index >= 15 is 0 Å². The number of benzene rings is 3. The standard InChI is InChI=1S/C34H35Cl2N3O6S/c1-20-7-16-28(17-21(20)2)46(43,44)38-31(22(3)40)34(42)45-19-30(41)39-33(24-10-14-27(36)15-11-24)29-6-4-5-25(32(29)37-39)18-23-8-12-26(35)13-9-23/h7-18,22,29,31,33,38,40H,4-6,19H2,1-3H3/b25-18-/t22-,29+,31+,33+/m1/s1. The van der Waals surface area contributed by atoms with Gasteiger partial charge in [-0.1, -0.05) is 53.5 Å². The first-order chi connectivity index (χ1) is 21.8. The molecule has 4 atom stereocenters. The zero-order valence-electron chi connectivity index (χ0n) is 25.6. The van der Waals surface area contributed by atoms with E-state index in [4.69, 9.17) is 33.0 Å². The summed E-state index contributed by atoms with van der Waals surface area (Å²) in [6.45, 7) is 4.17. The molecule has 1 heterocycles. The molecule has 0 bridgehead atoms. The summed E-state index contributed by atoms with van der Waals surface area (Å²) in [6.07, 6.45) is 3.06. The average molecular weight is 685 g/mol. The van der Waals surface area contributed by atoms with Gasteiger partial charge in [0.05, 0.1) is 22.8 Å². The van der Waals surface area contributed by atoms with Crippen molar-refractivity contribution in [3.63, 3.8) is 0 Å². The third-order valence-corrected chi connectivity index (χ3v) is 10.3. The van der Waals surface area contributed by atoms with Crippen LogP contribution in [0.1, 0.15) is 54.5 Å². The van der Waals surface area contributed by atoms with Gasteiger partial charge >= 0.3 is 5.97 Å². The van der Waals surface area contributed by atoms with Crippen molar-refractivity contribution >= 4 is 56.9 Å². The second-order valence-electron chi connectivity index (χ2n) is 11.6. The number of amides is 1. The van der Waals surface area contributed by atoms with Crippen LogP contribution in [0.4, 0.5) is 0 Å². The molecule has 1 aliphatic carbocycles. The van der Waals surface area contributed by atoms with E-state index in [-0.39, 0.29) is 10.8 Å².